The van der Waals surface area contributed by atoms with Gasteiger partial charge in [0.25, 0.3) is 0 Å². The fourth-order valence-corrected chi connectivity index (χ4v) is 3.59. The van der Waals surface area contributed by atoms with E-state index in [-0.39, 0.29) is 12.1 Å². The molecule has 1 atom stereocenters. The van der Waals surface area contributed by atoms with Crippen molar-refractivity contribution in [1.29, 1.82) is 0 Å². The van der Waals surface area contributed by atoms with E-state index in [9.17, 15) is 5.11 Å². The molecule has 3 heteroatoms. The first-order valence-corrected chi connectivity index (χ1v) is 8.83. The maximum absolute atomic E-state index is 10.0. The number of hydrogen-bond donors (Lipinski definition) is 2. The van der Waals surface area contributed by atoms with Crippen LogP contribution < -0.4 is 5.32 Å². The summed E-state index contributed by atoms with van der Waals surface area (Å²) in [7, 11) is 0. The number of aliphatic hydroxyl groups is 1. The standard InChI is InChI=1S/C17H27NOS/c1-14(2)12-20-11-10-17(13-19,18-16-8-9-16)15-6-4-3-5-7-15/h3-7,14,16,18-19H,8-13H2,1-2H3. The summed E-state index contributed by atoms with van der Waals surface area (Å²) in [6.45, 7) is 4.69. The lowest BCUT2D eigenvalue weighted by Gasteiger charge is -2.34. The van der Waals surface area contributed by atoms with Gasteiger partial charge in [-0.25, -0.2) is 0 Å². The van der Waals surface area contributed by atoms with Crippen LogP contribution in [-0.4, -0.2) is 29.3 Å². The Hall–Kier alpha value is -0.510. The van der Waals surface area contributed by atoms with Crippen LogP contribution in [0.2, 0.25) is 0 Å². The fraction of sp³-hybridized carbons (Fsp3) is 0.647. The summed E-state index contributed by atoms with van der Waals surface area (Å²) >= 11 is 1.99. The Balaban J connectivity index is 2.02. The van der Waals surface area contributed by atoms with Gasteiger partial charge in [-0.2, -0.15) is 11.8 Å². The molecular formula is C17H27NOS. The Morgan fingerprint density at radius 3 is 2.55 bits per heavy atom. The van der Waals surface area contributed by atoms with E-state index in [1.54, 1.807) is 0 Å². The Labute approximate surface area is 127 Å². The molecule has 0 saturated heterocycles. The van der Waals surface area contributed by atoms with Gasteiger partial charge in [0.2, 0.25) is 0 Å². The molecule has 1 aromatic rings. The van der Waals surface area contributed by atoms with Gasteiger partial charge in [0.1, 0.15) is 0 Å². The van der Waals surface area contributed by atoms with Crippen molar-refractivity contribution in [1.82, 2.24) is 5.32 Å². The predicted octanol–water partition coefficient (Wildman–Crippen LogP) is 3.41. The molecule has 0 bridgehead atoms. The summed E-state index contributed by atoms with van der Waals surface area (Å²) in [6, 6.07) is 11.0. The summed E-state index contributed by atoms with van der Waals surface area (Å²) in [5, 5.41) is 13.7. The monoisotopic (exact) mass is 293 g/mol. The van der Waals surface area contributed by atoms with Crippen LogP contribution in [-0.2, 0) is 5.54 Å². The Morgan fingerprint density at radius 1 is 1.30 bits per heavy atom. The van der Waals surface area contributed by atoms with Gasteiger partial charge in [0, 0.05) is 6.04 Å². The number of rotatable bonds is 9. The molecule has 0 spiro atoms. The number of thioether (sulfide) groups is 1. The van der Waals surface area contributed by atoms with Crippen LogP contribution in [0.3, 0.4) is 0 Å². The first-order chi connectivity index (χ1) is 9.66. The minimum Gasteiger partial charge on any atom is -0.394 e. The predicted molar refractivity (Wildman–Crippen MR) is 88.1 cm³/mol. The molecule has 2 N–H and O–H groups in total. The van der Waals surface area contributed by atoms with Crippen LogP contribution in [0.25, 0.3) is 0 Å². The van der Waals surface area contributed by atoms with E-state index in [1.165, 1.54) is 24.2 Å². The molecular weight excluding hydrogens is 266 g/mol. The number of benzene rings is 1. The van der Waals surface area contributed by atoms with Crippen molar-refractivity contribution in [2.75, 3.05) is 18.1 Å². The zero-order valence-electron chi connectivity index (χ0n) is 12.6. The molecule has 112 valence electrons. The normalized spacial score (nSPS) is 18.2. The van der Waals surface area contributed by atoms with Crippen LogP contribution in [0.4, 0.5) is 0 Å². The fourth-order valence-electron chi connectivity index (χ4n) is 2.46. The maximum atomic E-state index is 10.0. The van der Waals surface area contributed by atoms with Crippen molar-refractivity contribution < 1.29 is 5.11 Å². The Bertz CT molecular complexity index is 391. The highest BCUT2D eigenvalue weighted by molar-refractivity contribution is 7.99. The van der Waals surface area contributed by atoms with Crippen LogP contribution >= 0.6 is 11.8 Å². The second-order valence-corrected chi connectivity index (χ2v) is 7.39. The van der Waals surface area contributed by atoms with Crippen molar-refractivity contribution in [2.45, 2.75) is 44.7 Å². The SMILES string of the molecule is CC(C)CSCCC(CO)(NC1CC1)c1ccccc1. The Kier molecular flexibility index (Phi) is 5.94. The molecule has 1 unspecified atom stereocenters. The van der Waals surface area contributed by atoms with E-state index >= 15 is 0 Å². The second kappa shape index (κ2) is 7.48. The maximum Gasteiger partial charge on any atom is 0.0679 e. The summed E-state index contributed by atoms with van der Waals surface area (Å²) in [5.74, 6) is 3.02. The van der Waals surface area contributed by atoms with E-state index in [4.69, 9.17) is 0 Å². The summed E-state index contributed by atoms with van der Waals surface area (Å²) < 4.78 is 0. The van der Waals surface area contributed by atoms with Crippen molar-refractivity contribution in [3.8, 4) is 0 Å². The van der Waals surface area contributed by atoms with Crippen LogP contribution in [0.15, 0.2) is 30.3 Å². The first-order valence-electron chi connectivity index (χ1n) is 7.68. The van der Waals surface area contributed by atoms with Crippen molar-refractivity contribution >= 4 is 11.8 Å². The largest absolute Gasteiger partial charge is 0.394 e. The number of hydrogen-bond acceptors (Lipinski definition) is 3. The first kappa shape index (κ1) is 15.9. The summed E-state index contributed by atoms with van der Waals surface area (Å²) in [6.07, 6.45) is 3.48. The molecule has 2 nitrogen and oxygen atoms in total. The van der Waals surface area contributed by atoms with Gasteiger partial charge in [-0.15, -0.1) is 0 Å². The molecule has 0 amide bonds. The smallest absolute Gasteiger partial charge is 0.0679 e. The van der Waals surface area contributed by atoms with E-state index in [0.29, 0.717) is 6.04 Å². The van der Waals surface area contributed by atoms with Crippen LogP contribution in [0.5, 0.6) is 0 Å². The molecule has 1 saturated carbocycles. The molecule has 2 rings (SSSR count). The molecule has 1 aliphatic carbocycles. The van der Waals surface area contributed by atoms with Gasteiger partial charge in [-0.3, -0.25) is 0 Å². The average Bonchev–Trinajstić information content (AvgIpc) is 3.27. The topological polar surface area (TPSA) is 32.3 Å². The van der Waals surface area contributed by atoms with Crippen molar-refractivity contribution in [3.05, 3.63) is 35.9 Å². The van der Waals surface area contributed by atoms with Crippen molar-refractivity contribution in [2.24, 2.45) is 5.92 Å². The second-order valence-electron chi connectivity index (χ2n) is 6.24. The van der Waals surface area contributed by atoms with Crippen LogP contribution in [0, 0.1) is 5.92 Å². The molecule has 0 heterocycles. The third kappa shape index (κ3) is 4.51. The van der Waals surface area contributed by atoms with E-state index < -0.39 is 0 Å². The summed E-state index contributed by atoms with van der Waals surface area (Å²) in [5.41, 5.74) is 0.964. The third-order valence-electron chi connectivity index (χ3n) is 3.78. The van der Waals surface area contributed by atoms with Gasteiger partial charge in [-0.05, 0) is 42.2 Å². The van der Waals surface area contributed by atoms with E-state index in [1.807, 2.05) is 17.8 Å². The van der Waals surface area contributed by atoms with Gasteiger partial charge < -0.3 is 10.4 Å². The molecule has 0 aliphatic heterocycles. The average molecular weight is 293 g/mol. The highest BCUT2D eigenvalue weighted by Crippen LogP contribution is 2.32. The number of aliphatic hydroxyl groups excluding tert-OH is 1. The molecule has 20 heavy (non-hydrogen) atoms. The minimum atomic E-state index is -0.258. The van der Waals surface area contributed by atoms with E-state index in [2.05, 4.69) is 43.4 Å². The van der Waals surface area contributed by atoms with Gasteiger partial charge in [-0.1, -0.05) is 44.2 Å². The van der Waals surface area contributed by atoms with Gasteiger partial charge in [0.15, 0.2) is 0 Å². The number of nitrogens with one attached hydrogen (secondary N) is 1. The van der Waals surface area contributed by atoms with Gasteiger partial charge in [0.05, 0.1) is 12.1 Å². The molecule has 0 radical (unpaired) electrons. The lowest BCUT2D eigenvalue weighted by Crippen LogP contribution is -2.47. The zero-order valence-corrected chi connectivity index (χ0v) is 13.5. The molecule has 1 fully saturated rings. The van der Waals surface area contributed by atoms with E-state index in [0.717, 1.165) is 18.1 Å². The highest BCUT2D eigenvalue weighted by atomic mass is 32.2. The molecule has 0 aromatic heterocycles. The third-order valence-corrected chi connectivity index (χ3v) is 5.17. The van der Waals surface area contributed by atoms with Gasteiger partial charge >= 0.3 is 0 Å². The van der Waals surface area contributed by atoms with Crippen molar-refractivity contribution in [3.63, 3.8) is 0 Å². The zero-order chi connectivity index (χ0) is 14.4. The summed E-state index contributed by atoms with van der Waals surface area (Å²) in [4.78, 5) is 0. The molecule has 1 aromatic carbocycles. The molecule has 1 aliphatic rings. The highest BCUT2D eigenvalue weighted by Gasteiger charge is 2.36. The van der Waals surface area contributed by atoms with Crippen LogP contribution in [0.1, 0.15) is 38.7 Å². The lowest BCUT2D eigenvalue weighted by atomic mass is 9.87. The lowest BCUT2D eigenvalue weighted by molar-refractivity contribution is 0.154. The Morgan fingerprint density at radius 2 is 2.00 bits per heavy atom. The minimum absolute atomic E-state index is 0.176. The quantitative estimate of drug-likeness (QED) is 0.684.